The van der Waals surface area contributed by atoms with E-state index in [0.29, 0.717) is 9.77 Å². The van der Waals surface area contributed by atoms with Crippen molar-refractivity contribution in [1.29, 1.82) is 0 Å². The van der Waals surface area contributed by atoms with Crippen LogP contribution >= 0.6 is 11.3 Å². The van der Waals surface area contributed by atoms with Crippen LogP contribution in [0.15, 0.2) is 40.6 Å². The van der Waals surface area contributed by atoms with Crippen molar-refractivity contribution in [3.63, 3.8) is 0 Å². The molecule has 0 aliphatic heterocycles. The van der Waals surface area contributed by atoms with Crippen molar-refractivity contribution in [3.8, 4) is 10.4 Å². The third-order valence-electron chi connectivity index (χ3n) is 2.28. The zero-order valence-corrected chi connectivity index (χ0v) is 10.7. The Balaban J connectivity index is 2.40. The van der Waals surface area contributed by atoms with Crippen molar-refractivity contribution in [1.82, 2.24) is 0 Å². The van der Waals surface area contributed by atoms with Gasteiger partial charge >= 0.3 is 0 Å². The van der Waals surface area contributed by atoms with Crippen LogP contribution in [-0.2, 0) is 9.84 Å². The van der Waals surface area contributed by atoms with E-state index in [9.17, 15) is 13.2 Å². The monoisotopic (exact) mass is 266 g/mol. The quantitative estimate of drug-likeness (QED) is 0.802. The molecule has 5 heteroatoms. The molecule has 0 aliphatic carbocycles. The van der Waals surface area contributed by atoms with Gasteiger partial charge < -0.3 is 0 Å². The number of thiophene rings is 1. The molecule has 2 rings (SSSR count). The minimum absolute atomic E-state index is 0.354. The number of carbonyl (C=O) groups is 1. The fourth-order valence-electron chi connectivity index (χ4n) is 1.40. The lowest BCUT2D eigenvalue weighted by molar-refractivity contribution is 0.112. The second kappa shape index (κ2) is 4.43. The number of hydrogen-bond acceptors (Lipinski definition) is 4. The molecule has 0 bridgehead atoms. The van der Waals surface area contributed by atoms with Crippen LogP contribution < -0.4 is 0 Å². The summed E-state index contributed by atoms with van der Waals surface area (Å²) < 4.78 is 23.0. The van der Waals surface area contributed by atoms with Crippen LogP contribution in [0.25, 0.3) is 10.4 Å². The van der Waals surface area contributed by atoms with Gasteiger partial charge in [-0.1, -0.05) is 24.3 Å². The lowest BCUT2D eigenvalue weighted by Gasteiger charge is -1.97. The molecular weight excluding hydrogens is 256 g/mol. The van der Waals surface area contributed by atoms with E-state index in [4.69, 9.17) is 0 Å². The highest BCUT2D eigenvalue weighted by Crippen LogP contribution is 2.30. The maximum Gasteiger partial charge on any atom is 0.184 e. The fourth-order valence-corrected chi connectivity index (χ4v) is 3.33. The number of carbonyl (C=O) groups excluding carboxylic acids is 1. The second-order valence-electron chi connectivity index (χ2n) is 3.63. The highest BCUT2D eigenvalue weighted by Gasteiger charge is 2.11. The van der Waals surface area contributed by atoms with Crippen LogP contribution in [-0.4, -0.2) is 21.0 Å². The molecule has 0 saturated heterocycles. The Bertz CT molecular complexity index is 637. The topological polar surface area (TPSA) is 51.2 Å². The maximum atomic E-state index is 11.3. The normalized spacial score (nSPS) is 11.4. The van der Waals surface area contributed by atoms with Crippen molar-refractivity contribution in [2.75, 3.05) is 6.26 Å². The maximum absolute atomic E-state index is 11.3. The van der Waals surface area contributed by atoms with Crippen molar-refractivity contribution in [2.24, 2.45) is 0 Å². The van der Waals surface area contributed by atoms with Gasteiger partial charge in [0.1, 0.15) is 10.5 Å². The number of benzene rings is 1. The van der Waals surface area contributed by atoms with Crippen LogP contribution in [0.5, 0.6) is 0 Å². The summed E-state index contributed by atoms with van der Waals surface area (Å²) in [7, 11) is -3.14. The molecular formula is C12H10O3S2. The summed E-state index contributed by atoms with van der Waals surface area (Å²) in [5, 5.41) is 0. The van der Waals surface area contributed by atoms with Gasteiger partial charge in [0.25, 0.3) is 0 Å². The third kappa shape index (κ3) is 2.62. The predicted molar refractivity (Wildman–Crippen MR) is 68.3 cm³/mol. The van der Waals surface area contributed by atoms with Crippen LogP contribution in [0, 0.1) is 0 Å². The van der Waals surface area contributed by atoms with Crippen LogP contribution in [0.1, 0.15) is 10.4 Å². The van der Waals surface area contributed by atoms with Crippen LogP contribution in [0.3, 0.4) is 0 Å². The molecule has 3 nitrogen and oxygen atoms in total. The largest absolute Gasteiger partial charge is 0.298 e. The zero-order chi connectivity index (χ0) is 12.5. The number of aldehydes is 1. The van der Waals surface area contributed by atoms with E-state index < -0.39 is 9.84 Å². The molecule has 17 heavy (non-hydrogen) atoms. The van der Waals surface area contributed by atoms with E-state index in [1.54, 1.807) is 24.3 Å². The van der Waals surface area contributed by atoms with Crippen molar-refractivity contribution in [2.45, 2.75) is 4.21 Å². The third-order valence-corrected chi connectivity index (χ3v) is 5.23. The smallest absolute Gasteiger partial charge is 0.184 e. The molecule has 1 aromatic carbocycles. The summed E-state index contributed by atoms with van der Waals surface area (Å²) in [6.07, 6.45) is 1.97. The summed E-state index contributed by atoms with van der Waals surface area (Å²) in [5.74, 6) is 0. The fraction of sp³-hybridized carbons (Fsp3) is 0.0833. The average molecular weight is 266 g/mol. The first-order chi connectivity index (χ1) is 8.00. The Kier molecular flexibility index (Phi) is 3.13. The Labute approximate surface area is 104 Å². The highest BCUT2D eigenvalue weighted by atomic mass is 32.2. The molecule has 0 unspecified atom stereocenters. The number of hydrogen-bond donors (Lipinski definition) is 0. The van der Waals surface area contributed by atoms with Gasteiger partial charge in [-0.15, -0.1) is 11.3 Å². The van der Waals surface area contributed by atoms with Crippen molar-refractivity contribution >= 4 is 27.5 Å². The van der Waals surface area contributed by atoms with Gasteiger partial charge in [0.2, 0.25) is 0 Å². The van der Waals surface area contributed by atoms with Crippen LogP contribution in [0.2, 0.25) is 0 Å². The van der Waals surface area contributed by atoms with Gasteiger partial charge in [0, 0.05) is 16.7 Å². The summed E-state index contributed by atoms with van der Waals surface area (Å²) in [5.41, 5.74) is 1.52. The summed E-state index contributed by atoms with van der Waals surface area (Å²) >= 11 is 1.23. The van der Waals surface area contributed by atoms with E-state index in [0.717, 1.165) is 16.7 Å². The SMILES string of the molecule is CS(=O)(=O)c1ccc(-c2ccc(C=O)cc2)s1. The Morgan fingerprint density at radius 3 is 2.18 bits per heavy atom. The van der Waals surface area contributed by atoms with Crippen molar-refractivity contribution in [3.05, 3.63) is 42.0 Å². The van der Waals surface area contributed by atoms with Gasteiger partial charge in [0.15, 0.2) is 9.84 Å². The molecule has 1 aromatic heterocycles. The molecule has 0 saturated carbocycles. The van der Waals surface area contributed by atoms with Crippen LogP contribution in [0.4, 0.5) is 0 Å². The molecule has 2 aromatic rings. The molecule has 88 valence electrons. The lowest BCUT2D eigenvalue weighted by atomic mass is 10.1. The van der Waals surface area contributed by atoms with Gasteiger partial charge in [-0.25, -0.2) is 8.42 Å². The Hall–Kier alpha value is -1.46. The number of rotatable bonds is 3. The van der Waals surface area contributed by atoms with Gasteiger partial charge in [0.05, 0.1) is 0 Å². The van der Waals surface area contributed by atoms with E-state index in [1.807, 2.05) is 12.1 Å². The molecule has 0 N–H and O–H groups in total. The standard InChI is InChI=1S/C12H10O3S2/c1-17(14,15)12-7-6-11(16-12)10-4-2-9(8-13)3-5-10/h2-8H,1H3. The molecule has 0 radical (unpaired) electrons. The minimum atomic E-state index is -3.14. The molecule has 1 heterocycles. The second-order valence-corrected chi connectivity index (χ2v) is 6.96. The lowest BCUT2D eigenvalue weighted by Crippen LogP contribution is -1.91. The summed E-state index contributed by atoms with van der Waals surface area (Å²) in [4.78, 5) is 11.4. The van der Waals surface area contributed by atoms with E-state index >= 15 is 0 Å². The summed E-state index contributed by atoms with van der Waals surface area (Å²) in [6.45, 7) is 0. The first-order valence-electron chi connectivity index (χ1n) is 4.86. The summed E-state index contributed by atoms with van der Waals surface area (Å²) in [6, 6.07) is 10.4. The molecule has 0 fully saturated rings. The molecule has 0 amide bonds. The first-order valence-corrected chi connectivity index (χ1v) is 7.57. The van der Waals surface area contributed by atoms with E-state index in [2.05, 4.69) is 0 Å². The Morgan fingerprint density at radius 2 is 1.71 bits per heavy atom. The number of sulfone groups is 1. The molecule has 0 aliphatic rings. The first kappa shape index (κ1) is 12.0. The highest BCUT2D eigenvalue weighted by molar-refractivity contribution is 7.92. The Morgan fingerprint density at radius 1 is 1.06 bits per heavy atom. The average Bonchev–Trinajstić information content (AvgIpc) is 2.78. The predicted octanol–water partition coefficient (Wildman–Crippen LogP) is 2.63. The van der Waals surface area contributed by atoms with Gasteiger partial charge in [-0.05, 0) is 17.7 Å². The van der Waals surface area contributed by atoms with E-state index in [-0.39, 0.29) is 0 Å². The van der Waals surface area contributed by atoms with E-state index in [1.165, 1.54) is 17.6 Å². The molecule has 0 atom stereocenters. The molecule has 0 spiro atoms. The van der Waals surface area contributed by atoms with Gasteiger partial charge in [-0.2, -0.15) is 0 Å². The van der Waals surface area contributed by atoms with Gasteiger partial charge in [-0.3, -0.25) is 4.79 Å². The van der Waals surface area contributed by atoms with Crippen molar-refractivity contribution < 1.29 is 13.2 Å². The minimum Gasteiger partial charge on any atom is -0.298 e. The zero-order valence-electron chi connectivity index (χ0n) is 9.08.